The first-order chi connectivity index (χ1) is 7.99. The van der Waals surface area contributed by atoms with Crippen LogP contribution in [0.4, 0.5) is 10.1 Å². The fourth-order valence-corrected chi connectivity index (χ4v) is 2.37. The van der Waals surface area contributed by atoms with E-state index in [2.05, 4.69) is 14.7 Å². The van der Waals surface area contributed by atoms with Crippen molar-refractivity contribution in [2.75, 3.05) is 4.72 Å². The summed E-state index contributed by atoms with van der Waals surface area (Å²) in [6.07, 6.45) is 2.47. The van der Waals surface area contributed by atoms with E-state index in [9.17, 15) is 12.8 Å². The molecular weight excluding hydrogens is 245 g/mol. The first kappa shape index (κ1) is 11.6. The van der Waals surface area contributed by atoms with Gasteiger partial charge in [-0.2, -0.15) is 8.42 Å². The molecule has 0 radical (unpaired) electrons. The maximum absolute atomic E-state index is 12.9. The van der Waals surface area contributed by atoms with Crippen LogP contribution in [0.15, 0.2) is 35.7 Å². The summed E-state index contributed by atoms with van der Waals surface area (Å²) in [7, 11) is -3.70. The number of imidazole rings is 1. The van der Waals surface area contributed by atoms with Gasteiger partial charge in [-0.3, -0.25) is 4.72 Å². The highest BCUT2D eigenvalue weighted by Crippen LogP contribution is 2.19. The number of H-pyrrole nitrogens is 1. The number of aromatic amines is 1. The van der Waals surface area contributed by atoms with Crippen molar-refractivity contribution in [3.63, 3.8) is 0 Å². The second-order valence-corrected chi connectivity index (χ2v) is 5.13. The second kappa shape index (κ2) is 4.17. The monoisotopic (exact) mass is 255 g/mol. The Morgan fingerprint density at radius 1 is 1.41 bits per heavy atom. The first-order valence-corrected chi connectivity index (χ1v) is 6.25. The lowest BCUT2D eigenvalue weighted by Crippen LogP contribution is -2.14. The molecule has 2 aromatic rings. The average Bonchev–Trinajstić information content (AvgIpc) is 2.76. The van der Waals surface area contributed by atoms with Gasteiger partial charge in [0.2, 0.25) is 0 Å². The lowest BCUT2D eigenvalue weighted by Gasteiger charge is -2.08. The number of hydrogen-bond donors (Lipinski definition) is 2. The van der Waals surface area contributed by atoms with Crippen LogP contribution in [0.5, 0.6) is 0 Å². The van der Waals surface area contributed by atoms with E-state index in [4.69, 9.17) is 0 Å². The van der Waals surface area contributed by atoms with E-state index in [1.807, 2.05) is 0 Å². The topological polar surface area (TPSA) is 74.8 Å². The number of nitrogens with one attached hydrogen (secondary N) is 2. The van der Waals surface area contributed by atoms with E-state index < -0.39 is 15.8 Å². The second-order valence-electron chi connectivity index (χ2n) is 3.48. The van der Waals surface area contributed by atoms with Crippen molar-refractivity contribution >= 4 is 15.7 Å². The molecular formula is C10H10FN3O2S. The molecule has 1 heterocycles. The summed E-state index contributed by atoms with van der Waals surface area (Å²) in [6, 6.07) is 3.82. The van der Waals surface area contributed by atoms with Gasteiger partial charge in [0.1, 0.15) is 5.82 Å². The smallest absolute Gasteiger partial charge is 0.278 e. The van der Waals surface area contributed by atoms with Gasteiger partial charge in [-0.1, -0.05) is 0 Å². The molecule has 0 bridgehead atoms. The summed E-state index contributed by atoms with van der Waals surface area (Å²) in [5.41, 5.74) is 0.842. The van der Waals surface area contributed by atoms with Crippen LogP contribution in [0.3, 0.4) is 0 Å². The minimum Gasteiger partial charge on any atom is -0.334 e. The molecule has 0 atom stereocenters. The number of halogens is 1. The molecule has 2 N–H and O–H groups in total. The quantitative estimate of drug-likeness (QED) is 0.875. The van der Waals surface area contributed by atoms with Crippen LogP contribution < -0.4 is 4.72 Å². The molecule has 0 saturated heterocycles. The third kappa shape index (κ3) is 2.44. The molecule has 17 heavy (non-hydrogen) atoms. The molecule has 1 aromatic carbocycles. The fraction of sp³-hybridized carbons (Fsp3) is 0.100. The summed E-state index contributed by atoms with van der Waals surface area (Å²) in [5.74, 6) is -0.410. The van der Waals surface area contributed by atoms with Gasteiger partial charge in [-0.05, 0) is 30.7 Å². The normalized spacial score (nSPS) is 11.4. The van der Waals surface area contributed by atoms with Gasteiger partial charge in [0.25, 0.3) is 10.0 Å². The summed E-state index contributed by atoms with van der Waals surface area (Å²) in [4.78, 5) is 6.12. The van der Waals surface area contributed by atoms with Crippen LogP contribution >= 0.6 is 0 Å². The third-order valence-corrected chi connectivity index (χ3v) is 3.49. The van der Waals surface area contributed by atoms with Gasteiger partial charge in [0, 0.05) is 0 Å². The number of aryl methyl sites for hydroxylation is 1. The molecule has 0 spiro atoms. The number of benzene rings is 1. The van der Waals surface area contributed by atoms with E-state index in [0.29, 0.717) is 11.3 Å². The molecule has 7 heteroatoms. The molecule has 2 rings (SSSR count). The Hall–Kier alpha value is -1.89. The number of sulfonamides is 1. The summed E-state index contributed by atoms with van der Waals surface area (Å²) >= 11 is 0. The predicted octanol–water partition coefficient (Wildman–Crippen LogP) is 1.66. The van der Waals surface area contributed by atoms with Gasteiger partial charge in [-0.15, -0.1) is 0 Å². The van der Waals surface area contributed by atoms with Crippen molar-refractivity contribution in [1.29, 1.82) is 0 Å². The number of anilines is 1. The maximum atomic E-state index is 12.9. The number of rotatable bonds is 3. The van der Waals surface area contributed by atoms with Gasteiger partial charge < -0.3 is 4.98 Å². The molecule has 0 amide bonds. The highest BCUT2D eigenvalue weighted by molar-refractivity contribution is 7.92. The van der Waals surface area contributed by atoms with Crippen molar-refractivity contribution in [2.45, 2.75) is 11.9 Å². The highest BCUT2D eigenvalue weighted by atomic mass is 32.2. The van der Waals surface area contributed by atoms with Crippen molar-refractivity contribution in [2.24, 2.45) is 0 Å². The average molecular weight is 255 g/mol. The van der Waals surface area contributed by atoms with Crippen molar-refractivity contribution < 1.29 is 12.8 Å². The van der Waals surface area contributed by atoms with E-state index in [1.165, 1.54) is 30.7 Å². The van der Waals surface area contributed by atoms with Crippen LogP contribution in [0.2, 0.25) is 0 Å². The van der Waals surface area contributed by atoms with Gasteiger partial charge in [0.05, 0.1) is 18.2 Å². The van der Waals surface area contributed by atoms with Crippen LogP contribution in [0, 0.1) is 12.7 Å². The SMILES string of the molecule is Cc1cc(F)ccc1NS(=O)(=O)c1cnc[nH]1. The molecule has 0 unspecified atom stereocenters. The minimum atomic E-state index is -3.70. The Morgan fingerprint density at radius 3 is 2.76 bits per heavy atom. The molecule has 0 aliphatic heterocycles. The highest BCUT2D eigenvalue weighted by Gasteiger charge is 2.16. The van der Waals surface area contributed by atoms with Crippen LogP contribution in [-0.2, 0) is 10.0 Å². The molecule has 1 aromatic heterocycles. The minimum absolute atomic E-state index is 0.0405. The molecule has 5 nitrogen and oxygen atoms in total. The van der Waals surface area contributed by atoms with Gasteiger partial charge in [0.15, 0.2) is 5.03 Å². The standard InChI is InChI=1S/C10H10FN3O2S/c1-7-4-8(11)2-3-9(7)14-17(15,16)10-5-12-6-13-10/h2-6,14H,1H3,(H,12,13). The van der Waals surface area contributed by atoms with Crippen molar-refractivity contribution in [1.82, 2.24) is 9.97 Å². The summed E-state index contributed by atoms with van der Waals surface area (Å²) < 4.78 is 38.9. The molecule has 90 valence electrons. The first-order valence-electron chi connectivity index (χ1n) is 4.76. The summed E-state index contributed by atoms with van der Waals surface area (Å²) in [6.45, 7) is 1.62. The number of aromatic nitrogens is 2. The van der Waals surface area contributed by atoms with Crippen LogP contribution in [0.25, 0.3) is 0 Å². The maximum Gasteiger partial charge on any atom is 0.278 e. The number of nitrogens with zero attached hydrogens (tertiary/aromatic N) is 1. The Labute approximate surface area is 97.8 Å². The zero-order chi connectivity index (χ0) is 12.5. The lowest BCUT2D eigenvalue weighted by atomic mass is 10.2. The van der Waals surface area contributed by atoms with E-state index in [-0.39, 0.29) is 5.03 Å². The largest absolute Gasteiger partial charge is 0.334 e. The molecule has 0 aliphatic carbocycles. The van der Waals surface area contributed by atoms with Gasteiger partial charge >= 0.3 is 0 Å². The zero-order valence-electron chi connectivity index (χ0n) is 8.94. The van der Waals surface area contributed by atoms with E-state index >= 15 is 0 Å². The van der Waals surface area contributed by atoms with Crippen LogP contribution in [0.1, 0.15) is 5.56 Å². The lowest BCUT2D eigenvalue weighted by molar-refractivity contribution is 0.598. The van der Waals surface area contributed by atoms with Crippen molar-refractivity contribution in [3.8, 4) is 0 Å². The predicted molar refractivity (Wildman–Crippen MR) is 60.5 cm³/mol. The molecule has 0 saturated carbocycles. The van der Waals surface area contributed by atoms with Gasteiger partial charge in [-0.25, -0.2) is 9.37 Å². The Kier molecular flexibility index (Phi) is 2.84. The molecule has 0 aliphatic rings. The Morgan fingerprint density at radius 2 is 2.18 bits per heavy atom. The third-order valence-electron chi connectivity index (χ3n) is 2.20. The molecule has 0 fully saturated rings. The summed E-state index contributed by atoms with van der Waals surface area (Å²) in [5, 5.41) is -0.0405. The number of hydrogen-bond acceptors (Lipinski definition) is 3. The van der Waals surface area contributed by atoms with Crippen molar-refractivity contribution in [3.05, 3.63) is 42.1 Å². The van der Waals surface area contributed by atoms with E-state index in [1.54, 1.807) is 6.92 Å². The Balaban J connectivity index is 2.33. The zero-order valence-corrected chi connectivity index (χ0v) is 9.75. The van der Waals surface area contributed by atoms with Crippen LogP contribution in [-0.4, -0.2) is 18.4 Å². The fourth-order valence-electron chi connectivity index (χ4n) is 1.33. The van der Waals surface area contributed by atoms with E-state index in [0.717, 1.165) is 0 Å². The Bertz CT molecular complexity index is 623.